The van der Waals surface area contributed by atoms with Gasteiger partial charge in [-0.1, -0.05) is 29.3 Å². The minimum Gasteiger partial charge on any atom is -0.495 e. The number of carboxylic acids is 1. The van der Waals surface area contributed by atoms with E-state index < -0.39 is 5.97 Å². The van der Waals surface area contributed by atoms with Crippen LogP contribution in [0.1, 0.15) is 18.3 Å². The molecule has 0 amide bonds. The molecule has 0 aliphatic rings. The Labute approximate surface area is 171 Å². The molecule has 0 atom stereocenters. The first-order valence-corrected chi connectivity index (χ1v) is 9.08. The molecule has 1 heterocycles. The van der Waals surface area contributed by atoms with Crippen LogP contribution >= 0.6 is 23.2 Å². The molecule has 3 aromatic rings. The number of anilines is 1. The quantitative estimate of drug-likeness (QED) is 0.546. The molecule has 28 heavy (non-hydrogen) atoms. The van der Waals surface area contributed by atoms with E-state index in [2.05, 4.69) is 15.3 Å². The summed E-state index contributed by atoms with van der Waals surface area (Å²) >= 11 is 12.3. The highest BCUT2D eigenvalue weighted by Gasteiger charge is 2.10. The SMILES string of the molecule is COc1ccc(CNc2nc(/C=C(\C)C(=O)O)nc3ccc(Cl)cc23)cc1Cl. The van der Waals surface area contributed by atoms with Gasteiger partial charge >= 0.3 is 5.97 Å². The number of fused-ring (bicyclic) bond motifs is 1. The van der Waals surface area contributed by atoms with E-state index in [4.69, 9.17) is 33.0 Å². The fourth-order valence-electron chi connectivity index (χ4n) is 2.58. The van der Waals surface area contributed by atoms with E-state index >= 15 is 0 Å². The minimum absolute atomic E-state index is 0.140. The number of benzene rings is 2. The normalized spacial score (nSPS) is 11.5. The number of aromatic nitrogens is 2. The Kier molecular flexibility index (Phi) is 6.02. The lowest BCUT2D eigenvalue weighted by Gasteiger charge is -2.11. The third-order valence-corrected chi connectivity index (χ3v) is 4.56. The van der Waals surface area contributed by atoms with E-state index in [0.717, 1.165) is 10.9 Å². The first kappa shape index (κ1) is 19.9. The van der Waals surface area contributed by atoms with E-state index in [1.165, 1.54) is 13.0 Å². The van der Waals surface area contributed by atoms with Crippen molar-refractivity contribution in [3.8, 4) is 5.75 Å². The monoisotopic (exact) mass is 417 g/mol. The molecular formula is C20H17Cl2N3O3. The van der Waals surface area contributed by atoms with Crippen molar-refractivity contribution in [2.45, 2.75) is 13.5 Å². The summed E-state index contributed by atoms with van der Waals surface area (Å²) < 4.78 is 5.16. The van der Waals surface area contributed by atoms with Crippen molar-refractivity contribution in [1.82, 2.24) is 9.97 Å². The number of halogens is 2. The highest BCUT2D eigenvalue weighted by atomic mass is 35.5. The van der Waals surface area contributed by atoms with Crippen molar-refractivity contribution in [2.24, 2.45) is 0 Å². The number of carboxylic acid groups (broad SMARTS) is 1. The Morgan fingerprint density at radius 3 is 2.68 bits per heavy atom. The van der Waals surface area contributed by atoms with Gasteiger partial charge in [-0.05, 0) is 48.9 Å². The van der Waals surface area contributed by atoms with Gasteiger partial charge in [-0.25, -0.2) is 14.8 Å². The molecular weight excluding hydrogens is 401 g/mol. The summed E-state index contributed by atoms with van der Waals surface area (Å²) in [5, 5.41) is 14.2. The van der Waals surface area contributed by atoms with Crippen LogP contribution in [0.2, 0.25) is 10.0 Å². The number of rotatable bonds is 6. The Morgan fingerprint density at radius 2 is 2.00 bits per heavy atom. The van der Waals surface area contributed by atoms with E-state index in [-0.39, 0.29) is 5.57 Å². The predicted molar refractivity (Wildman–Crippen MR) is 111 cm³/mol. The summed E-state index contributed by atoms with van der Waals surface area (Å²) in [6.45, 7) is 1.94. The number of aliphatic carboxylic acids is 1. The Bertz CT molecular complexity index is 1080. The topological polar surface area (TPSA) is 84.3 Å². The van der Waals surface area contributed by atoms with Gasteiger partial charge in [0, 0.05) is 22.5 Å². The number of ether oxygens (including phenoxy) is 1. The number of hydrogen-bond acceptors (Lipinski definition) is 5. The molecule has 0 spiro atoms. The lowest BCUT2D eigenvalue weighted by atomic mass is 10.2. The highest BCUT2D eigenvalue weighted by Crippen LogP contribution is 2.27. The van der Waals surface area contributed by atoms with Crippen LogP contribution in [0.3, 0.4) is 0 Å². The molecule has 2 N–H and O–H groups in total. The van der Waals surface area contributed by atoms with Crippen LogP contribution in [-0.4, -0.2) is 28.2 Å². The summed E-state index contributed by atoms with van der Waals surface area (Å²) in [6.07, 6.45) is 1.42. The third-order valence-electron chi connectivity index (χ3n) is 4.03. The summed E-state index contributed by atoms with van der Waals surface area (Å²) in [7, 11) is 1.56. The van der Waals surface area contributed by atoms with Crippen molar-refractivity contribution in [3.05, 3.63) is 63.4 Å². The van der Waals surface area contributed by atoms with Gasteiger partial charge in [0.05, 0.1) is 17.6 Å². The van der Waals surface area contributed by atoms with Crippen molar-refractivity contribution < 1.29 is 14.6 Å². The molecule has 1 aromatic heterocycles. The zero-order valence-corrected chi connectivity index (χ0v) is 16.7. The maximum atomic E-state index is 11.1. The molecule has 0 fully saturated rings. The summed E-state index contributed by atoms with van der Waals surface area (Å²) in [4.78, 5) is 20.0. The molecule has 0 unspecified atom stereocenters. The second-order valence-corrected chi connectivity index (χ2v) is 6.89. The molecule has 8 heteroatoms. The van der Waals surface area contributed by atoms with Gasteiger partial charge in [0.1, 0.15) is 11.6 Å². The van der Waals surface area contributed by atoms with Crippen LogP contribution in [-0.2, 0) is 11.3 Å². The fraction of sp³-hybridized carbons (Fsp3) is 0.150. The van der Waals surface area contributed by atoms with E-state index in [0.29, 0.717) is 39.5 Å². The molecule has 0 bridgehead atoms. The lowest BCUT2D eigenvalue weighted by Crippen LogP contribution is -2.05. The smallest absolute Gasteiger partial charge is 0.331 e. The molecule has 0 aliphatic heterocycles. The van der Waals surface area contributed by atoms with Gasteiger partial charge in [0.25, 0.3) is 0 Å². The zero-order chi connectivity index (χ0) is 20.3. The van der Waals surface area contributed by atoms with Crippen molar-refractivity contribution in [1.29, 1.82) is 0 Å². The molecule has 0 aliphatic carbocycles. The van der Waals surface area contributed by atoms with Crippen LogP contribution in [0, 0.1) is 0 Å². The second-order valence-electron chi connectivity index (χ2n) is 6.05. The first-order chi connectivity index (χ1) is 13.4. The van der Waals surface area contributed by atoms with Gasteiger partial charge in [-0.2, -0.15) is 0 Å². The Morgan fingerprint density at radius 1 is 1.21 bits per heavy atom. The molecule has 6 nitrogen and oxygen atoms in total. The first-order valence-electron chi connectivity index (χ1n) is 8.32. The molecule has 3 rings (SSSR count). The third kappa shape index (κ3) is 4.52. The minimum atomic E-state index is -1.03. The second kappa shape index (κ2) is 8.46. The Hall–Kier alpha value is -2.83. The average molecular weight is 418 g/mol. The van der Waals surface area contributed by atoms with Gasteiger partial charge < -0.3 is 15.2 Å². The maximum absolute atomic E-state index is 11.1. The van der Waals surface area contributed by atoms with Crippen molar-refractivity contribution in [2.75, 3.05) is 12.4 Å². The largest absolute Gasteiger partial charge is 0.495 e. The average Bonchev–Trinajstić information content (AvgIpc) is 2.66. The summed E-state index contributed by atoms with van der Waals surface area (Å²) in [5.74, 6) is 0.414. The van der Waals surface area contributed by atoms with E-state index in [9.17, 15) is 4.79 Å². The van der Waals surface area contributed by atoms with Crippen LogP contribution in [0.25, 0.3) is 17.0 Å². The predicted octanol–water partition coefficient (Wildman–Crippen LogP) is 5.05. The van der Waals surface area contributed by atoms with Gasteiger partial charge in [-0.3, -0.25) is 0 Å². The number of carbonyl (C=O) groups is 1. The molecule has 0 saturated heterocycles. The highest BCUT2D eigenvalue weighted by molar-refractivity contribution is 6.32. The van der Waals surface area contributed by atoms with Crippen LogP contribution < -0.4 is 10.1 Å². The number of methoxy groups -OCH3 is 1. The van der Waals surface area contributed by atoms with Crippen LogP contribution in [0.5, 0.6) is 5.75 Å². The Balaban J connectivity index is 1.98. The standard InChI is InChI=1S/C20H17Cl2N3O3/c1-11(20(26)27)7-18-24-16-5-4-13(21)9-14(16)19(25-18)23-10-12-3-6-17(28-2)15(22)8-12/h3-9H,10H2,1-2H3,(H,26,27)(H,23,24,25)/b11-7+. The van der Waals surface area contributed by atoms with Gasteiger partial charge in [-0.15, -0.1) is 0 Å². The number of nitrogens with zero attached hydrogens (tertiary/aromatic N) is 2. The molecule has 144 valence electrons. The number of hydrogen-bond donors (Lipinski definition) is 2. The maximum Gasteiger partial charge on any atom is 0.331 e. The molecule has 0 radical (unpaired) electrons. The van der Waals surface area contributed by atoms with Crippen LogP contribution in [0.4, 0.5) is 5.82 Å². The summed E-state index contributed by atoms with van der Waals surface area (Å²) in [6, 6.07) is 10.7. The van der Waals surface area contributed by atoms with Crippen molar-refractivity contribution >= 4 is 52.0 Å². The number of nitrogens with one attached hydrogen (secondary N) is 1. The van der Waals surface area contributed by atoms with Gasteiger partial charge in [0.2, 0.25) is 0 Å². The molecule has 0 saturated carbocycles. The van der Waals surface area contributed by atoms with Crippen molar-refractivity contribution in [3.63, 3.8) is 0 Å². The van der Waals surface area contributed by atoms with Gasteiger partial charge in [0.15, 0.2) is 5.82 Å². The van der Waals surface area contributed by atoms with E-state index in [1.54, 1.807) is 37.4 Å². The lowest BCUT2D eigenvalue weighted by molar-refractivity contribution is -0.132. The fourth-order valence-corrected chi connectivity index (χ4v) is 3.03. The molecule has 2 aromatic carbocycles. The zero-order valence-electron chi connectivity index (χ0n) is 15.2. The van der Waals surface area contributed by atoms with Crippen LogP contribution in [0.15, 0.2) is 42.0 Å². The summed E-state index contributed by atoms with van der Waals surface area (Å²) in [5.41, 5.74) is 1.72. The van der Waals surface area contributed by atoms with E-state index in [1.807, 2.05) is 6.07 Å².